The molecule has 3 N–H and O–H groups in total. The van der Waals surface area contributed by atoms with Crippen LogP contribution in [0, 0.1) is 0 Å². The molecular weight excluding hydrogens is 266 g/mol. The van der Waals surface area contributed by atoms with Crippen LogP contribution in [-0.4, -0.2) is 41.8 Å². The third kappa shape index (κ3) is 3.22. The SMILES string of the molecule is CCN(CCO)c1ncnc(N(C)c2ccccc2)c1N. The molecule has 0 fully saturated rings. The second-order valence-corrected chi connectivity index (χ2v) is 4.63. The first-order valence-corrected chi connectivity index (χ1v) is 6.94. The minimum absolute atomic E-state index is 0.0567. The minimum Gasteiger partial charge on any atom is -0.395 e. The summed E-state index contributed by atoms with van der Waals surface area (Å²) in [5, 5.41) is 9.14. The van der Waals surface area contributed by atoms with Crippen LogP contribution < -0.4 is 15.5 Å². The molecule has 0 saturated carbocycles. The number of benzene rings is 1. The van der Waals surface area contributed by atoms with Crippen molar-refractivity contribution in [1.29, 1.82) is 0 Å². The summed E-state index contributed by atoms with van der Waals surface area (Å²) in [6.45, 7) is 3.27. The van der Waals surface area contributed by atoms with Crippen LogP contribution in [0.2, 0.25) is 0 Å². The van der Waals surface area contributed by atoms with Gasteiger partial charge in [-0.15, -0.1) is 0 Å². The molecule has 0 atom stereocenters. The zero-order chi connectivity index (χ0) is 15.2. The van der Waals surface area contributed by atoms with Gasteiger partial charge in [-0.05, 0) is 19.1 Å². The third-order valence-electron chi connectivity index (χ3n) is 3.35. The Morgan fingerprint density at radius 2 is 1.81 bits per heavy atom. The Hall–Kier alpha value is -2.34. The molecule has 6 heteroatoms. The van der Waals surface area contributed by atoms with Crippen LogP contribution in [-0.2, 0) is 0 Å². The van der Waals surface area contributed by atoms with Gasteiger partial charge in [-0.1, -0.05) is 18.2 Å². The normalized spacial score (nSPS) is 10.4. The molecule has 112 valence electrons. The highest BCUT2D eigenvalue weighted by Gasteiger charge is 2.16. The van der Waals surface area contributed by atoms with E-state index >= 15 is 0 Å². The van der Waals surface area contributed by atoms with Crippen molar-refractivity contribution in [1.82, 2.24) is 9.97 Å². The number of hydrogen-bond acceptors (Lipinski definition) is 6. The van der Waals surface area contributed by atoms with Gasteiger partial charge in [-0.3, -0.25) is 0 Å². The summed E-state index contributed by atoms with van der Waals surface area (Å²) in [6.07, 6.45) is 1.50. The molecule has 0 radical (unpaired) electrons. The van der Waals surface area contributed by atoms with E-state index in [2.05, 4.69) is 9.97 Å². The lowest BCUT2D eigenvalue weighted by molar-refractivity contribution is 0.302. The van der Waals surface area contributed by atoms with E-state index in [1.165, 1.54) is 6.33 Å². The summed E-state index contributed by atoms with van der Waals surface area (Å²) in [6, 6.07) is 9.88. The lowest BCUT2D eigenvalue weighted by Gasteiger charge is -2.25. The Morgan fingerprint density at radius 3 is 2.43 bits per heavy atom. The van der Waals surface area contributed by atoms with E-state index in [-0.39, 0.29) is 6.61 Å². The number of nitrogens with zero attached hydrogens (tertiary/aromatic N) is 4. The summed E-state index contributed by atoms with van der Waals surface area (Å²) < 4.78 is 0. The van der Waals surface area contributed by atoms with Crippen LogP contribution in [0.4, 0.5) is 23.0 Å². The maximum atomic E-state index is 9.14. The average Bonchev–Trinajstić information content (AvgIpc) is 2.53. The third-order valence-corrected chi connectivity index (χ3v) is 3.35. The molecule has 0 aliphatic rings. The van der Waals surface area contributed by atoms with Crippen LogP contribution in [0.25, 0.3) is 0 Å². The summed E-state index contributed by atoms with van der Waals surface area (Å²) >= 11 is 0. The van der Waals surface area contributed by atoms with E-state index in [9.17, 15) is 0 Å². The number of aromatic nitrogens is 2. The number of hydrogen-bond donors (Lipinski definition) is 2. The minimum atomic E-state index is 0.0567. The second kappa shape index (κ2) is 6.90. The topological polar surface area (TPSA) is 78.5 Å². The van der Waals surface area contributed by atoms with Crippen LogP contribution in [0.5, 0.6) is 0 Å². The first-order chi connectivity index (χ1) is 10.2. The Bertz CT molecular complexity index is 576. The fourth-order valence-corrected chi connectivity index (χ4v) is 2.20. The van der Waals surface area contributed by atoms with E-state index < -0.39 is 0 Å². The summed E-state index contributed by atoms with van der Waals surface area (Å²) in [7, 11) is 1.92. The van der Waals surface area contributed by atoms with E-state index in [0.29, 0.717) is 23.9 Å². The number of aliphatic hydroxyl groups is 1. The number of rotatable bonds is 6. The van der Waals surface area contributed by atoms with Crippen molar-refractivity contribution < 1.29 is 5.11 Å². The fraction of sp³-hybridized carbons (Fsp3) is 0.333. The van der Waals surface area contributed by atoms with Crippen molar-refractivity contribution in [3.8, 4) is 0 Å². The first-order valence-electron chi connectivity index (χ1n) is 6.94. The lowest BCUT2D eigenvalue weighted by atomic mass is 10.3. The summed E-state index contributed by atoms with van der Waals surface area (Å²) in [5.41, 5.74) is 7.75. The average molecular weight is 287 g/mol. The van der Waals surface area contributed by atoms with Crippen molar-refractivity contribution in [2.24, 2.45) is 0 Å². The van der Waals surface area contributed by atoms with E-state index in [1.54, 1.807) is 0 Å². The van der Waals surface area contributed by atoms with Gasteiger partial charge in [0, 0.05) is 25.8 Å². The van der Waals surface area contributed by atoms with E-state index in [4.69, 9.17) is 10.8 Å². The number of para-hydroxylation sites is 1. The van der Waals surface area contributed by atoms with Gasteiger partial charge in [-0.2, -0.15) is 0 Å². The Labute approximate surface area is 124 Å². The highest BCUT2D eigenvalue weighted by Crippen LogP contribution is 2.31. The molecule has 1 aromatic heterocycles. The zero-order valence-electron chi connectivity index (χ0n) is 12.4. The number of nitrogens with two attached hydrogens (primary N) is 1. The molecule has 21 heavy (non-hydrogen) atoms. The highest BCUT2D eigenvalue weighted by atomic mass is 16.3. The number of anilines is 4. The van der Waals surface area contributed by atoms with Gasteiger partial charge in [-0.25, -0.2) is 9.97 Å². The smallest absolute Gasteiger partial charge is 0.161 e. The molecule has 6 nitrogen and oxygen atoms in total. The van der Waals surface area contributed by atoms with Gasteiger partial charge in [0.1, 0.15) is 12.0 Å². The van der Waals surface area contributed by atoms with Gasteiger partial charge >= 0.3 is 0 Å². The molecular formula is C15H21N5O. The maximum absolute atomic E-state index is 9.14. The standard InChI is InChI=1S/C15H21N5O/c1-3-20(9-10-21)15-13(16)14(17-11-18-15)19(2)12-7-5-4-6-8-12/h4-8,11,21H,3,9-10,16H2,1-2H3. The molecule has 1 aromatic carbocycles. The molecule has 2 aromatic rings. The molecule has 0 amide bonds. The van der Waals surface area contributed by atoms with Gasteiger partial charge in [0.2, 0.25) is 0 Å². The van der Waals surface area contributed by atoms with Gasteiger partial charge in [0.25, 0.3) is 0 Å². The maximum Gasteiger partial charge on any atom is 0.161 e. The second-order valence-electron chi connectivity index (χ2n) is 4.63. The number of likely N-dealkylation sites (N-methyl/N-ethyl adjacent to an activating group) is 1. The molecule has 0 aliphatic heterocycles. The Balaban J connectivity index is 2.37. The van der Waals surface area contributed by atoms with Crippen LogP contribution >= 0.6 is 0 Å². The van der Waals surface area contributed by atoms with Gasteiger partial charge in [0.05, 0.1) is 6.61 Å². The Morgan fingerprint density at radius 1 is 1.14 bits per heavy atom. The van der Waals surface area contributed by atoms with Crippen molar-refractivity contribution in [3.63, 3.8) is 0 Å². The molecule has 0 aliphatic carbocycles. The summed E-state index contributed by atoms with van der Waals surface area (Å²) in [4.78, 5) is 12.4. The van der Waals surface area contributed by atoms with E-state index in [1.807, 2.05) is 54.1 Å². The molecule has 0 unspecified atom stereocenters. The van der Waals surface area contributed by atoms with Crippen molar-refractivity contribution in [2.75, 3.05) is 42.3 Å². The zero-order valence-corrected chi connectivity index (χ0v) is 12.4. The largest absolute Gasteiger partial charge is 0.395 e. The van der Waals surface area contributed by atoms with E-state index in [0.717, 1.165) is 12.2 Å². The molecule has 1 heterocycles. The monoisotopic (exact) mass is 287 g/mol. The van der Waals surface area contributed by atoms with Crippen molar-refractivity contribution in [3.05, 3.63) is 36.7 Å². The number of nitrogen functional groups attached to an aromatic ring is 1. The predicted molar refractivity (Wildman–Crippen MR) is 85.9 cm³/mol. The quantitative estimate of drug-likeness (QED) is 0.841. The molecule has 0 spiro atoms. The lowest BCUT2D eigenvalue weighted by Crippen LogP contribution is -2.28. The van der Waals surface area contributed by atoms with Crippen molar-refractivity contribution >= 4 is 23.0 Å². The Kier molecular flexibility index (Phi) is 4.94. The van der Waals surface area contributed by atoms with Crippen LogP contribution in [0.3, 0.4) is 0 Å². The summed E-state index contributed by atoms with van der Waals surface area (Å²) in [5.74, 6) is 1.31. The van der Waals surface area contributed by atoms with Crippen molar-refractivity contribution in [2.45, 2.75) is 6.92 Å². The van der Waals surface area contributed by atoms with Crippen LogP contribution in [0.1, 0.15) is 6.92 Å². The van der Waals surface area contributed by atoms with Crippen LogP contribution in [0.15, 0.2) is 36.7 Å². The van der Waals surface area contributed by atoms with Gasteiger partial charge in [0.15, 0.2) is 11.6 Å². The molecule has 0 saturated heterocycles. The molecule has 2 rings (SSSR count). The highest BCUT2D eigenvalue weighted by molar-refractivity contribution is 5.79. The van der Waals surface area contributed by atoms with Gasteiger partial charge < -0.3 is 20.6 Å². The fourth-order valence-electron chi connectivity index (χ4n) is 2.20. The molecule has 0 bridgehead atoms. The first kappa shape index (κ1) is 15.1. The number of aliphatic hydroxyl groups excluding tert-OH is 1. The predicted octanol–water partition coefficient (Wildman–Crippen LogP) is 1.65.